The number of anilines is 1. The van der Waals surface area contributed by atoms with E-state index in [4.69, 9.17) is 9.47 Å². The Labute approximate surface area is 192 Å². The van der Waals surface area contributed by atoms with Crippen LogP contribution in [0, 0.1) is 0 Å². The molecule has 4 rings (SSSR count). The van der Waals surface area contributed by atoms with E-state index in [1.807, 2.05) is 30.4 Å². The fraction of sp³-hybridized carbons (Fsp3) is 0.478. The van der Waals surface area contributed by atoms with Crippen LogP contribution < -0.4 is 10.1 Å². The number of nitrogens with zero attached hydrogens (tertiary/aromatic N) is 5. The van der Waals surface area contributed by atoms with Crippen molar-refractivity contribution >= 4 is 17.6 Å². The molecule has 10 heteroatoms. The molecule has 176 valence electrons. The van der Waals surface area contributed by atoms with E-state index < -0.39 is 23.9 Å². The summed E-state index contributed by atoms with van der Waals surface area (Å²) in [6, 6.07) is 4.87. The third kappa shape index (κ3) is 5.32. The Balaban J connectivity index is 1.51. The predicted molar refractivity (Wildman–Crippen MR) is 122 cm³/mol. The molecule has 1 aliphatic heterocycles. The number of pyridine rings is 1. The van der Waals surface area contributed by atoms with Crippen LogP contribution in [0.5, 0.6) is 5.88 Å². The first kappa shape index (κ1) is 22.8. The van der Waals surface area contributed by atoms with Gasteiger partial charge in [-0.2, -0.15) is 0 Å². The largest absolute Gasteiger partial charge is 0.474 e. The van der Waals surface area contributed by atoms with E-state index in [2.05, 4.69) is 20.3 Å². The number of likely N-dealkylation sites (tertiary alicyclic amines) is 1. The minimum absolute atomic E-state index is 0.00659. The van der Waals surface area contributed by atoms with Gasteiger partial charge in [-0.3, -0.25) is 4.40 Å². The van der Waals surface area contributed by atoms with Gasteiger partial charge in [0.25, 0.3) is 0 Å². The number of carbonyl (C=O) groups excluding carboxylic acids is 1. The van der Waals surface area contributed by atoms with E-state index in [9.17, 15) is 9.18 Å². The van der Waals surface area contributed by atoms with Crippen molar-refractivity contribution in [1.82, 2.24) is 24.3 Å². The molecule has 0 aromatic carbocycles. The van der Waals surface area contributed by atoms with Crippen molar-refractivity contribution in [3.05, 3.63) is 36.8 Å². The van der Waals surface area contributed by atoms with Crippen molar-refractivity contribution in [1.29, 1.82) is 0 Å². The van der Waals surface area contributed by atoms with E-state index in [1.165, 1.54) is 4.90 Å². The molecule has 0 spiro atoms. The minimum atomic E-state index is -1.24. The number of amides is 1. The van der Waals surface area contributed by atoms with Gasteiger partial charge < -0.3 is 19.7 Å². The van der Waals surface area contributed by atoms with Gasteiger partial charge >= 0.3 is 6.09 Å². The number of nitrogens with one attached hydrogen (secondary N) is 1. The Morgan fingerprint density at radius 2 is 2.00 bits per heavy atom. The zero-order chi connectivity index (χ0) is 23.8. The Morgan fingerprint density at radius 1 is 1.21 bits per heavy atom. The molecule has 0 radical (unpaired) electrons. The van der Waals surface area contributed by atoms with Crippen molar-refractivity contribution in [2.45, 2.75) is 58.5 Å². The molecule has 1 N–H and O–H groups in total. The Hall–Kier alpha value is -3.43. The van der Waals surface area contributed by atoms with Gasteiger partial charge in [0.15, 0.2) is 5.65 Å². The number of ether oxygens (including phenoxy) is 2. The topological polar surface area (TPSA) is 93.9 Å². The fourth-order valence-electron chi connectivity index (χ4n) is 3.59. The van der Waals surface area contributed by atoms with Gasteiger partial charge in [-0.15, -0.1) is 0 Å². The molecule has 0 bridgehead atoms. The Morgan fingerprint density at radius 3 is 2.73 bits per heavy atom. The number of halogens is 1. The second-order valence-corrected chi connectivity index (χ2v) is 9.32. The van der Waals surface area contributed by atoms with Gasteiger partial charge in [-0.25, -0.2) is 24.1 Å². The summed E-state index contributed by atoms with van der Waals surface area (Å²) in [6.07, 6.45) is 3.36. The smallest absolute Gasteiger partial charge is 0.410 e. The summed E-state index contributed by atoms with van der Waals surface area (Å²) in [6.45, 7) is 9.39. The normalized spacial score (nSPS) is 18.7. The van der Waals surface area contributed by atoms with Crippen molar-refractivity contribution in [3.63, 3.8) is 0 Å². The second-order valence-electron chi connectivity index (χ2n) is 9.32. The van der Waals surface area contributed by atoms with Crippen LogP contribution in [-0.4, -0.2) is 67.4 Å². The predicted octanol–water partition coefficient (Wildman–Crippen LogP) is 3.95. The number of aromatic nitrogens is 4. The summed E-state index contributed by atoms with van der Waals surface area (Å²) in [7, 11) is 0. The summed E-state index contributed by atoms with van der Waals surface area (Å²) in [4.78, 5) is 27.0. The number of hydrogen-bond donors (Lipinski definition) is 1. The number of rotatable bonds is 5. The van der Waals surface area contributed by atoms with Crippen LogP contribution in [0.3, 0.4) is 0 Å². The monoisotopic (exact) mass is 456 g/mol. The maximum Gasteiger partial charge on any atom is 0.410 e. The number of alkyl halides is 1. The van der Waals surface area contributed by atoms with E-state index in [1.54, 1.807) is 45.4 Å². The highest BCUT2D eigenvalue weighted by Gasteiger charge is 2.37. The lowest BCUT2D eigenvalue weighted by molar-refractivity contribution is 0.0283. The molecule has 0 unspecified atom stereocenters. The number of imidazole rings is 1. The van der Waals surface area contributed by atoms with Crippen LogP contribution in [0.4, 0.5) is 15.0 Å². The average Bonchev–Trinajstić information content (AvgIpc) is 3.30. The molecule has 1 aliphatic rings. The molecule has 9 nitrogen and oxygen atoms in total. The van der Waals surface area contributed by atoms with Gasteiger partial charge in [0.1, 0.15) is 17.6 Å². The first-order chi connectivity index (χ1) is 15.6. The van der Waals surface area contributed by atoms with Gasteiger partial charge in [-0.1, -0.05) is 6.07 Å². The quantitative estimate of drug-likeness (QED) is 0.621. The Bertz CT molecular complexity index is 1140. The number of fused-ring (bicyclic) bond motifs is 1. The van der Waals surface area contributed by atoms with Gasteiger partial charge in [0.05, 0.1) is 48.7 Å². The summed E-state index contributed by atoms with van der Waals surface area (Å²) < 4.78 is 27.6. The minimum Gasteiger partial charge on any atom is -0.474 e. The van der Waals surface area contributed by atoms with Crippen molar-refractivity contribution in [2.24, 2.45) is 0 Å². The standard InChI is InChI=1S/C23H29FN6O3/c1-14(2)32-21-13-30-18(9-25-20(30)10-26-21)16-7-6-8-19(27-16)28-17-12-29(11-15(17)24)22(31)33-23(3,4)5/h6-10,13-15,17H,11-12H2,1-5H3,(H,27,28)/t15-,17-/m0/s1. The third-order valence-corrected chi connectivity index (χ3v) is 4.97. The van der Waals surface area contributed by atoms with E-state index in [0.29, 0.717) is 23.0 Å². The zero-order valence-electron chi connectivity index (χ0n) is 19.4. The molecular weight excluding hydrogens is 427 g/mol. The zero-order valence-corrected chi connectivity index (χ0v) is 19.4. The van der Waals surface area contributed by atoms with E-state index in [0.717, 1.165) is 5.69 Å². The highest BCUT2D eigenvalue weighted by molar-refractivity contribution is 5.69. The van der Waals surface area contributed by atoms with Crippen LogP contribution in [-0.2, 0) is 4.74 Å². The molecule has 3 aromatic heterocycles. The van der Waals surface area contributed by atoms with Crippen LogP contribution in [0.1, 0.15) is 34.6 Å². The summed E-state index contributed by atoms with van der Waals surface area (Å²) in [5.74, 6) is 0.994. The molecule has 0 saturated carbocycles. The van der Waals surface area contributed by atoms with Gasteiger partial charge in [0.2, 0.25) is 5.88 Å². The average molecular weight is 457 g/mol. The highest BCUT2D eigenvalue weighted by atomic mass is 19.1. The molecule has 0 aliphatic carbocycles. The molecule has 1 saturated heterocycles. The highest BCUT2D eigenvalue weighted by Crippen LogP contribution is 2.24. The lowest BCUT2D eigenvalue weighted by Crippen LogP contribution is -2.36. The first-order valence-corrected chi connectivity index (χ1v) is 10.9. The molecule has 3 aromatic rings. The van der Waals surface area contributed by atoms with Crippen LogP contribution in [0.15, 0.2) is 36.8 Å². The fourth-order valence-corrected chi connectivity index (χ4v) is 3.59. The maximum atomic E-state index is 14.7. The SMILES string of the molecule is CC(C)Oc1cn2c(-c3cccc(N[C@H]4CN(C(=O)OC(C)(C)C)C[C@@H]4F)n3)cnc2cn1. The van der Waals surface area contributed by atoms with Crippen molar-refractivity contribution in [3.8, 4) is 17.3 Å². The molecular formula is C23H29FN6O3. The lowest BCUT2D eigenvalue weighted by Gasteiger charge is -2.24. The van der Waals surface area contributed by atoms with E-state index in [-0.39, 0.29) is 19.2 Å². The number of carbonyl (C=O) groups is 1. The first-order valence-electron chi connectivity index (χ1n) is 10.9. The molecule has 1 amide bonds. The lowest BCUT2D eigenvalue weighted by atomic mass is 10.2. The van der Waals surface area contributed by atoms with Gasteiger partial charge in [-0.05, 0) is 46.8 Å². The van der Waals surface area contributed by atoms with Crippen molar-refractivity contribution in [2.75, 3.05) is 18.4 Å². The molecule has 1 fully saturated rings. The maximum absolute atomic E-state index is 14.7. The third-order valence-electron chi connectivity index (χ3n) is 4.97. The molecule has 4 heterocycles. The van der Waals surface area contributed by atoms with Crippen LogP contribution in [0.25, 0.3) is 17.0 Å². The van der Waals surface area contributed by atoms with Crippen LogP contribution >= 0.6 is 0 Å². The summed E-state index contributed by atoms with van der Waals surface area (Å²) in [5, 5.41) is 3.12. The van der Waals surface area contributed by atoms with Crippen LogP contribution in [0.2, 0.25) is 0 Å². The Kier molecular flexibility index (Phi) is 6.09. The molecule has 2 atom stereocenters. The van der Waals surface area contributed by atoms with Gasteiger partial charge in [0, 0.05) is 6.54 Å². The number of hydrogen-bond acceptors (Lipinski definition) is 7. The molecule has 33 heavy (non-hydrogen) atoms. The van der Waals surface area contributed by atoms with E-state index >= 15 is 0 Å². The second kappa shape index (κ2) is 8.84. The van der Waals surface area contributed by atoms with Crippen molar-refractivity contribution < 1.29 is 18.7 Å². The summed E-state index contributed by atoms with van der Waals surface area (Å²) >= 11 is 0. The summed E-state index contributed by atoms with van der Waals surface area (Å²) in [5.41, 5.74) is 1.44.